The lowest BCUT2D eigenvalue weighted by atomic mass is 10.3. The minimum absolute atomic E-state index is 0.102. The Hall–Kier alpha value is -2.91. The highest BCUT2D eigenvalue weighted by Gasteiger charge is 2.16. The number of carbonyl (C=O) groups is 1. The number of carbonyl (C=O) groups excluding carboxylic acids is 1. The summed E-state index contributed by atoms with van der Waals surface area (Å²) >= 11 is 2.66. The number of thioether (sulfide) groups is 1. The number of para-hydroxylation sites is 1. The van der Waals surface area contributed by atoms with Crippen molar-refractivity contribution in [3.63, 3.8) is 0 Å². The number of hydrogen-bond acceptors (Lipinski definition) is 6. The van der Waals surface area contributed by atoms with Crippen LogP contribution in [0.1, 0.15) is 11.4 Å². The van der Waals surface area contributed by atoms with E-state index in [1.807, 2.05) is 54.2 Å². The second-order valence-electron chi connectivity index (χ2n) is 6.53. The van der Waals surface area contributed by atoms with E-state index in [-0.39, 0.29) is 17.2 Å². The van der Waals surface area contributed by atoms with E-state index in [1.165, 1.54) is 27.7 Å². The van der Waals surface area contributed by atoms with Crippen LogP contribution in [0.3, 0.4) is 0 Å². The SMILES string of the molecule is Cc1nn(-c2ccccc2)c(C)c1NC(=O)CSc1nc2sccc2c(=O)n1C. The summed E-state index contributed by atoms with van der Waals surface area (Å²) in [5, 5.41) is 10.5. The van der Waals surface area contributed by atoms with Gasteiger partial charge in [-0.05, 0) is 37.4 Å². The molecular formula is C20H19N5O2S2. The molecule has 0 saturated carbocycles. The third kappa shape index (κ3) is 3.70. The molecule has 0 spiro atoms. The normalized spacial score (nSPS) is 11.1. The fourth-order valence-electron chi connectivity index (χ4n) is 3.06. The number of anilines is 1. The average molecular weight is 426 g/mol. The molecule has 4 aromatic rings. The van der Waals surface area contributed by atoms with Gasteiger partial charge in [0.25, 0.3) is 5.56 Å². The third-order valence-electron chi connectivity index (χ3n) is 4.55. The smallest absolute Gasteiger partial charge is 0.262 e. The molecule has 9 heteroatoms. The molecule has 0 aliphatic rings. The van der Waals surface area contributed by atoms with E-state index in [4.69, 9.17) is 0 Å². The quantitative estimate of drug-likeness (QED) is 0.391. The fourth-order valence-corrected chi connectivity index (χ4v) is 4.64. The first kappa shape index (κ1) is 19.4. The van der Waals surface area contributed by atoms with Gasteiger partial charge in [-0.2, -0.15) is 5.10 Å². The summed E-state index contributed by atoms with van der Waals surface area (Å²) in [7, 11) is 1.67. The van der Waals surface area contributed by atoms with E-state index in [1.54, 1.807) is 13.1 Å². The summed E-state index contributed by atoms with van der Waals surface area (Å²) in [6, 6.07) is 11.5. The number of rotatable bonds is 5. The van der Waals surface area contributed by atoms with Crippen molar-refractivity contribution in [2.45, 2.75) is 19.0 Å². The molecule has 0 aliphatic heterocycles. The first-order chi connectivity index (χ1) is 14.0. The van der Waals surface area contributed by atoms with Crippen molar-refractivity contribution < 1.29 is 4.79 Å². The fraction of sp³-hybridized carbons (Fsp3) is 0.200. The largest absolute Gasteiger partial charge is 0.322 e. The Morgan fingerprint density at radius 1 is 1.21 bits per heavy atom. The standard InChI is InChI=1S/C20H19N5O2S2/c1-12-17(13(2)25(23-12)14-7-5-4-6-8-14)21-16(26)11-29-20-22-18-15(9-10-28-18)19(27)24(20)3/h4-10H,11H2,1-3H3,(H,21,26). The second-order valence-corrected chi connectivity index (χ2v) is 8.37. The molecule has 0 bridgehead atoms. The van der Waals surface area contributed by atoms with E-state index in [0.717, 1.165) is 17.1 Å². The minimum atomic E-state index is -0.172. The van der Waals surface area contributed by atoms with Gasteiger partial charge in [-0.25, -0.2) is 9.67 Å². The van der Waals surface area contributed by atoms with Gasteiger partial charge in [-0.1, -0.05) is 30.0 Å². The number of benzene rings is 1. The predicted molar refractivity (Wildman–Crippen MR) is 117 cm³/mol. The number of nitrogens with one attached hydrogen (secondary N) is 1. The van der Waals surface area contributed by atoms with Crippen molar-refractivity contribution in [2.24, 2.45) is 7.05 Å². The zero-order valence-corrected chi connectivity index (χ0v) is 17.8. The summed E-state index contributed by atoms with van der Waals surface area (Å²) < 4.78 is 3.30. The number of hydrogen-bond donors (Lipinski definition) is 1. The maximum atomic E-state index is 12.6. The van der Waals surface area contributed by atoms with Crippen molar-refractivity contribution >= 4 is 44.9 Å². The number of aromatic nitrogens is 4. The lowest BCUT2D eigenvalue weighted by molar-refractivity contribution is -0.113. The second kappa shape index (κ2) is 7.84. The number of aryl methyl sites for hydroxylation is 1. The zero-order valence-electron chi connectivity index (χ0n) is 16.2. The summed E-state index contributed by atoms with van der Waals surface area (Å²) in [6.07, 6.45) is 0. The Morgan fingerprint density at radius 2 is 1.97 bits per heavy atom. The van der Waals surface area contributed by atoms with Crippen LogP contribution in [0.4, 0.5) is 5.69 Å². The Kier molecular flexibility index (Phi) is 5.25. The van der Waals surface area contributed by atoms with Crippen molar-refractivity contribution in [1.82, 2.24) is 19.3 Å². The molecule has 0 aliphatic carbocycles. The first-order valence-electron chi connectivity index (χ1n) is 8.94. The molecule has 0 saturated heterocycles. The molecule has 7 nitrogen and oxygen atoms in total. The van der Waals surface area contributed by atoms with Gasteiger partial charge in [0.15, 0.2) is 5.16 Å². The number of nitrogens with zero attached hydrogens (tertiary/aromatic N) is 4. The number of thiophene rings is 1. The summed E-state index contributed by atoms with van der Waals surface area (Å²) in [4.78, 5) is 30.1. The van der Waals surface area contributed by atoms with E-state index < -0.39 is 0 Å². The molecule has 4 rings (SSSR count). The Balaban J connectivity index is 1.51. The third-order valence-corrected chi connectivity index (χ3v) is 6.39. The minimum Gasteiger partial charge on any atom is -0.322 e. The molecule has 3 aromatic heterocycles. The van der Waals surface area contributed by atoms with Gasteiger partial charge in [-0.15, -0.1) is 11.3 Å². The van der Waals surface area contributed by atoms with Crippen molar-refractivity contribution in [3.05, 3.63) is 63.5 Å². The highest BCUT2D eigenvalue weighted by atomic mass is 32.2. The number of amides is 1. The van der Waals surface area contributed by atoms with Crippen molar-refractivity contribution in [3.8, 4) is 5.69 Å². The monoisotopic (exact) mass is 425 g/mol. The Bertz CT molecular complexity index is 1260. The summed E-state index contributed by atoms with van der Waals surface area (Å²) in [5.74, 6) is -0.0265. The molecule has 0 atom stereocenters. The van der Waals surface area contributed by atoms with Crippen molar-refractivity contribution in [1.29, 1.82) is 0 Å². The zero-order chi connectivity index (χ0) is 20.5. The van der Waals surface area contributed by atoms with Crippen LogP contribution in [-0.2, 0) is 11.8 Å². The molecular weight excluding hydrogens is 406 g/mol. The van der Waals surface area contributed by atoms with Crippen LogP contribution in [0.15, 0.2) is 51.7 Å². The van der Waals surface area contributed by atoms with Crippen LogP contribution in [0, 0.1) is 13.8 Å². The number of fused-ring (bicyclic) bond motifs is 1. The summed E-state index contributed by atoms with van der Waals surface area (Å²) in [5.41, 5.74) is 3.14. The van der Waals surface area contributed by atoms with Crippen LogP contribution in [0.5, 0.6) is 0 Å². The highest BCUT2D eigenvalue weighted by Crippen LogP contribution is 2.24. The van der Waals surface area contributed by atoms with Gasteiger partial charge in [0.2, 0.25) is 5.91 Å². The average Bonchev–Trinajstić information content (AvgIpc) is 3.30. The van der Waals surface area contributed by atoms with Gasteiger partial charge in [0.1, 0.15) is 4.83 Å². The van der Waals surface area contributed by atoms with Gasteiger partial charge in [0, 0.05) is 7.05 Å². The van der Waals surface area contributed by atoms with Crippen LogP contribution < -0.4 is 10.9 Å². The van der Waals surface area contributed by atoms with Gasteiger partial charge >= 0.3 is 0 Å². The van der Waals surface area contributed by atoms with Gasteiger partial charge in [0.05, 0.1) is 33.9 Å². The molecule has 1 N–H and O–H groups in total. The van der Waals surface area contributed by atoms with Gasteiger partial charge < -0.3 is 5.32 Å². The van der Waals surface area contributed by atoms with E-state index in [0.29, 0.717) is 21.1 Å². The lowest BCUT2D eigenvalue weighted by Gasteiger charge is -2.08. The molecule has 148 valence electrons. The summed E-state index contributed by atoms with van der Waals surface area (Å²) in [6.45, 7) is 3.79. The Labute approximate surface area is 175 Å². The van der Waals surface area contributed by atoms with Gasteiger partial charge in [-0.3, -0.25) is 14.2 Å². The predicted octanol–water partition coefficient (Wildman–Crippen LogP) is 3.53. The Morgan fingerprint density at radius 3 is 2.72 bits per heavy atom. The van der Waals surface area contributed by atoms with Crippen LogP contribution in [-0.4, -0.2) is 31.0 Å². The first-order valence-corrected chi connectivity index (χ1v) is 10.8. The molecule has 1 aromatic carbocycles. The highest BCUT2D eigenvalue weighted by molar-refractivity contribution is 7.99. The van der Waals surface area contributed by atoms with Crippen LogP contribution >= 0.6 is 23.1 Å². The lowest BCUT2D eigenvalue weighted by Crippen LogP contribution is -2.21. The molecule has 3 heterocycles. The molecule has 0 unspecified atom stereocenters. The molecule has 0 radical (unpaired) electrons. The topological polar surface area (TPSA) is 81.8 Å². The van der Waals surface area contributed by atoms with Crippen molar-refractivity contribution in [2.75, 3.05) is 11.1 Å². The van der Waals surface area contributed by atoms with E-state index >= 15 is 0 Å². The van der Waals surface area contributed by atoms with Crippen LogP contribution in [0.25, 0.3) is 15.9 Å². The molecule has 1 amide bonds. The maximum Gasteiger partial charge on any atom is 0.262 e. The molecule has 29 heavy (non-hydrogen) atoms. The van der Waals surface area contributed by atoms with E-state index in [9.17, 15) is 9.59 Å². The van der Waals surface area contributed by atoms with E-state index in [2.05, 4.69) is 15.4 Å². The van der Waals surface area contributed by atoms with Crippen LogP contribution in [0.2, 0.25) is 0 Å². The maximum absolute atomic E-state index is 12.6. The molecule has 0 fully saturated rings.